The van der Waals surface area contributed by atoms with Gasteiger partial charge in [0, 0.05) is 16.4 Å². The minimum absolute atomic E-state index is 0.224. The molecule has 0 radical (unpaired) electrons. The number of aryl methyl sites for hydroxylation is 1. The molecular formula is C23H19Cl2N3O2. The predicted molar refractivity (Wildman–Crippen MR) is 119 cm³/mol. The third kappa shape index (κ3) is 3.74. The van der Waals surface area contributed by atoms with Crippen LogP contribution in [0.1, 0.15) is 22.5 Å². The summed E-state index contributed by atoms with van der Waals surface area (Å²) in [4.78, 5) is 26.4. The van der Waals surface area contributed by atoms with Crippen LogP contribution in [0, 0.1) is 13.8 Å². The zero-order chi connectivity index (χ0) is 21.4. The van der Waals surface area contributed by atoms with Crippen LogP contribution in [0.4, 0.5) is 4.79 Å². The van der Waals surface area contributed by atoms with Crippen LogP contribution in [0.25, 0.3) is 11.8 Å². The molecule has 1 fully saturated rings. The average Bonchev–Trinajstić information content (AvgIpc) is 3.13. The quantitative estimate of drug-likeness (QED) is 0.431. The Bertz CT molecular complexity index is 1180. The lowest BCUT2D eigenvalue weighted by atomic mass is 10.2. The average molecular weight is 440 g/mol. The Hall–Kier alpha value is -3.02. The van der Waals surface area contributed by atoms with Crippen molar-refractivity contribution in [3.63, 3.8) is 0 Å². The zero-order valence-corrected chi connectivity index (χ0v) is 18.0. The summed E-state index contributed by atoms with van der Waals surface area (Å²) < 4.78 is 1.99. The van der Waals surface area contributed by atoms with Gasteiger partial charge in [0.25, 0.3) is 5.91 Å². The van der Waals surface area contributed by atoms with Gasteiger partial charge in [-0.15, -0.1) is 0 Å². The molecule has 7 heteroatoms. The van der Waals surface area contributed by atoms with E-state index in [2.05, 4.69) is 5.32 Å². The van der Waals surface area contributed by atoms with Crippen molar-refractivity contribution in [2.24, 2.45) is 0 Å². The van der Waals surface area contributed by atoms with Crippen molar-refractivity contribution in [3.05, 3.63) is 92.9 Å². The maximum absolute atomic E-state index is 12.8. The van der Waals surface area contributed by atoms with Gasteiger partial charge in [-0.1, -0.05) is 53.5 Å². The van der Waals surface area contributed by atoms with E-state index in [0.29, 0.717) is 10.0 Å². The summed E-state index contributed by atoms with van der Waals surface area (Å²) in [6, 6.07) is 16.3. The van der Waals surface area contributed by atoms with Crippen molar-refractivity contribution < 1.29 is 9.59 Å². The molecular weight excluding hydrogens is 421 g/mol. The van der Waals surface area contributed by atoms with Gasteiger partial charge >= 0.3 is 6.03 Å². The van der Waals surface area contributed by atoms with Crippen molar-refractivity contribution in [2.45, 2.75) is 20.4 Å². The number of nitrogens with zero attached hydrogens (tertiary/aromatic N) is 2. The number of urea groups is 1. The fraction of sp³-hybridized carbons (Fsp3) is 0.130. The number of hydrogen-bond donors (Lipinski definition) is 1. The summed E-state index contributed by atoms with van der Waals surface area (Å²) in [6.07, 6.45) is 1.70. The highest BCUT2D eigenvalue weighted by atomic mass is 35.5. The van der Waals surface area contributed by atoms with Gasteiger partial charge in [0.1, 0.15) is 5.70 Å². The van der Waals surface area contributed by atoms with Gasteiger partial charge in [-0.25, -0.2) is 4.79 Å². The Kier molecular flexibility index (Phi) is 5.41. The van der Waals surface area contributed by atoms with Crippen LogP contribution >= 0.6 is 23.2 Å². The molecule has 3 aromatic rings. The minimum atomic E-state index is -0.426. The summed E-state index contributed by atoms with van der Waals surface area (Å²) >= 11 is 12.4. The molecule has 2 heterocycles. The summed E-state index contributed by atoms with van der Waals surface area (Å²) in [5.41, 5.74) is 4.60. The predicted octanol–water partition coefficient (Wildman–Crippen LogP) is 5.49. The molecule has 0 spiro atoms. The minimum Gasteiger partial charge on any atom is -0.316 e. The van der Waals surface area contributed by atoms with Gasteiger partial charge in [0.05, 0.1) is 17.3 Å². The standard InChI is InChI=1S/C23H19Cl2N3O2/c1-14-10-17(15(2)28(14)21-9-8-18(24)12-19(21)25)11-20-22(29)27(23(30)26-20)13-16-6-4-3-5-7-16/h3-12H,13H2,1-2H3,(H,26,30)/b20-11+. The maximum Gasteiger partial charge on any atom is 0.329 e. The van der Waals surface area contributed by atoms with Crippen LogP contribution in [-0.4, -0.2) is 21.4 Å². The van der Waals surface area contributed by atoms with Crippen LogP contribution in [0.5, 0.6) is 0 Å². The van der Waals surface area contributed by atoms with Crippen LogP contribution in [0.2, 0.25) is 10.0 Å². The molecule has 5 nitrogen and oxygen atoms in total. The lowest BCUT2D eigenvalue weighted by Gasteiger charge is -2.12. The number of carbonyl (C=O) groups is 2. The molecule has 1 aliphatic rings. The third-order valence-electron chi connectivity index (χ3n) is 5.07. The topological polar surface area (TPSA) is 54.3 Å². The number of hydrogen-bond acceptors (Lipinski definition) is 2. The molecule has 4 rings (SSSR count). The van der Waals surface area contributed by atoms with Crippen molar-refractivity contribution in [1.82, 2.24) is 14.8 Å². The maximum atomic E-state index is 12.8. The van der Waals surface area contributed by atoms with Crippen molar-refractivity contribution in [3.8, 4) is 5.69 Å². The first-order chi connectivity index (χ1) is 14.3. The number of carbonyl (C=O) groups excluding carboxylic acids is 2. The van der Waals surface area contributed by atoms with E-state index in [9.17, 15) is 9.59 Å². The Balaban J connectivity index is 1.66. The molecule has 0 unspecified atom stereocenters. The lowest BCUT2D eigenvalue weighted by molar-refractivity contribution is -0.123. The Labute approximate surface area is 184 Å². The highest BCUT2D eigenvalue weighted by molar-refractivity contribution is 6.35. The second-order valence-electron chi connectivity index (χ2n) is 7.12. The fourth-order valence-corrected chi connectivity index (χ4v) is 4.10. The second kappa shape index (κ2) is 8.01. The van der Waals surface area contributed by atoms with Crippen molar-refractivity contribution >= 4 is 41.2 Å². The molecule has 2 aromatic carbocycles. The summed E-state index contributed by atoms with van der Waals surface area (Å²) in [5.74, 6) is -0.349. The van der Waals surface area contributed by atoms with Gasteiger partial charge in [-0.3, -0.25) is 9.69 Å². The third-order valence-corrected chi connectivity index (χ3v) is 5.60. The molecule has 0 atom stereocenters. The summed E-state index contributed by atoms with van der Waals surface area (Å²) in [6.45, 7) is 4.12. The van der Waals surface area contributed by atoms with Crippen LogP contribution in [0.15, 0.2) is 60.3 Å². The fourth-order valence-electron chi connectivity index (χ4n) is 3.60. The molecule has 30 heavy (non-hydrogen) atoms. The Morgan fingerprint density at radius 1 is 1.00 bits per heavy atom. The number of imide groups is 1. The highest BCUT2D eigenvalue weighted by Gasteiger charge is 2.33. The van der Waals surface area contributed by atoms with Gasteiger partial charge in [-0.05, 0) is 55.3 Å². The van der Waals surface area contributed by atoms with E-state index in [0.717, 1.165) is 28.2 Å². The Morgan fingerprint density at radius 2 is 1.73 bits per heavy atom. The van der Waals surface area contributed by atoms with E-state index in [-0.39, 0.29) is 18.1 Å². The van der Waals surface area contributed by atoms with Crippen LogP contribution in [0.3, 0.4) is 0 Å². The second-order valence-corrected chi connectivity index (χ2v) is 7.97. The van der Waals surface area contributed by atoms with E-state index in [1.54, 1.807) is 18.2 Å². The largest absolute Gasteiger partial charge is 0.329 e. The Morgan fingerprint density at radius 3 is 2.43 bits per heavy atom. The number of aromatic nitrogens is 1. The van der Waals surface area contributed by atoms with Gasteiger partial charge < -0.3 is 9.88 Å². The first-order valence-corrected chi connectivity index (χ1v) is 10.1. The van der Waals surface area contributed by atoms with Crippen molar-refractivity contribution in [2.75, 3.05) is 0 Å². The van der Waals surface area contributed by atoms with Gasteiger partial charge in [0.15, 0.2) is 0 Å². The molecule has 1 saturated heterocycles. The number of benzene rings is 2. The molecule has 0 saturated carbocycles. The molecule has 3 amide bonds. The highest BCUT2D eigenvalue weighted by Crippen LogP contribution is 2.30. The molecule has 1 aliphatic heterocycles. The number of rotatable bonds is 4. The number of amides is 3. The van der Waals surface area contributed by atoms with Crippen LogP contribution < -0.4 is 5.32 Å². The smallest absolute Gasteiger partial charge is 0.316 e. The molecule has 1 aromatic heterocycles. The molecule has 0 bridgehead atoms. The van der Waals surface area contributed by atoms with Gasteiger partial charge in [0.2, 0.25) is 0 Å². The molecule has 1 N–H and O–H groups in total. The van der Waals surface area contributed by atoms with E-state index in [1.807, 2.05) is 60.9 Å². The van der Waals surface area contributed by atoms with E-state index < -0.39 is 6.03 Å². The number of halogens is 2. The van der Waals surface area contributed by atoms with E-state index in [1.165, 1.54) is 4.90 Å². The summed E-state index contributed by atoms with van der Waals surface area (Å²) in [7, 11) is 0. The zero-order valence-electron chi connectivity index (χ0n) is 16.4. The first kappa shape index (κ1) is 20.3. The van der Waals surface area contributed by atoms with E-state index in [4.69, 9.17) is 23.2 Å². The first-order valence-electron chi connectivity index (χ1n) is 9.38. The molecule has 152 valence electrons. The summed E-state index contributed by atoms with van der Waals surface area (Å²) in [5, 5.41) is 3.77. The normalized spacial score (nSPS) is 15.2. The number of nitrogens with one attached hydrogen (secondary N) is 1. The van der Waals surface area contributed by atoms with Crippen LogP contribution in [-0.2, 0) is 11.3 Å². The van der Waals surface area contributed by atoms with Gasteiger partial charge in [-0.2, -0.15) is 0 Å². The van der Waals surface area contributed by atoms with E-state index >= 15 is 0 Å². The lowest BCUT2D eigenvalue weighted by Crippen LogP contribution is -2.30. The monoisotopic (exact) mass is 439 g/mol. The van der Waals surface area contributed by atoms with Crippen molar-refractivity contribution in [1.29, 1.82) is 0 Å². The SMILES string of the molecule is Cc1cc(/C=C2/NC(=O)N(Cc3ccccc3)C2=O)c(C)n1-c1ccc(Cl)cc1Cl. The molecule has 0 aliphatic carbocycles.